The van der Waals surface area contributed by atoms with E-state index >= 15 is 0 Å². The number of carbonyl (C=O) groups is 1. The van der Waals surface area contributed by atoms with Gasteiger partial charge in [-0.3, -0.25) is 4.79 Å². The Morgan fingerprint density at radius 2 is 1.92 bits per heavy atom. The molecule has 0 N–H and O–H groups in total. The van der Waals surface area contributed by atoms with E-state index < -0.39 is 14.3 Å². The van der Waals surface area contributed by atoms with Crippen LogP contribution in [0.2, 0.25) is 18.1 Å². The minimum atomic E-state index is -1.97. The first-order chi connectivity index (χ1) is 18.0. The number of hydrogen-bond acceptors (Lipinski definition) is 6. The molecule has 2 aliphatic carbocycles. The van der Waals surface area contributed by atoms with E-state index in [9.17, 15) is 9.59 Å². The molecule has 1 unspecified atom stereocenters. The number of methoxy groups -OCH3 is 1. The summed E-state index contributed by atoms with van der Waals surface area (Å²) in [6, 6.07) is 5.95. The number of benzene rings is 1. The lowest BCUT2D eigenvalue weighted by atomic mass is 9.95. The van der Waals surface area contributed by atoms with Crippen LogP contribution in [0.1, 0.15) is 87.2 Å². The van der Waals surface area contributed by atoms with Crippen molar-refractivity contribution < 1.29 is 23.1 Å². The number of furan rings is 1. The summed E-state index contributed by atoms with van der Waals surface area (Å²) in [7, 11) is -0.351. The highest BCUT2D eigenvalue weighted by atomic mass is 28.4. The van der Waals surface area contributed by atoms with Crippen molar-refractivity contribution in [1.29, 1.82) is 0 Å². The van der Waals surface area contributed by atoms with Gasteiger partial charge in [-0.1, -0.05) is 20.8 Å². The summed E-state index contributed by atoms with van der Waals surface area (Å²) in [5.41, 5.74) is 2.31. The van der Waals surface area contributed by atoms with Crippen molar-refractivity contribution in [3.8, 4) is 17.1 Å². The number of esters is 1. The minimum Gasteiger partial charge on any atom is -0.494 e. The molecular formula is C30H39NO6Si. The molecule has 204 valence electrons. The highest BCUT2D eigenvalue weighted by Gasteiger charge is 2.41. The maximum Gasteiger partial charge on any atom is 0.343 e. The topological polar surface area (TPSA) is 79.9 Å². The Morgan fingerprint density at radius 1 is 1.18 bits per heavy atom. The zero-order valence-corrected chi connectivity index (χ0v) is 24.6. The van der Waals surface area contributed by atoms with Gasteiger partial charge in [-0.05, 0) is 68.9 Å². The number of nitrogens with zero attached hydrogens (tertiary/aromatic N) is 1. The van der Waals surface area contributed by atoms with E-state index in [1.54, 1.807) is 26.3 Å². The first-order valence-corrected chi connectivity index (χ1v) is 16.6. The summed E-state index contributed by atoms with van der Waals surface area (Å²) >= 11 is 0. The molecule has 1 atom stereocenters. The number of aryl methyl sites for hydroxylation is 1. The van der Waals surface area contributed by atoms with Crippen LogP contribution in [-0.4, -0.2) is 32.6 Å². The second kappa shape index (κ2) is 9.72. The standard InChI is InChI=1S/C30H39NO6Si/c1-8-35-29(33)22-17-31(18-12-13-18)26-20(27(22)32)15-14-19(28(26)34-5)25-16-21-23(36-25)10-9-11-24(21)37-38(6,7)30(2,3)4/h14-18,24H,8-13H2,1-7H3. The Bertz CT molecular complexity index is 1440. The van der Waals surface area contributed by atoms with E-state index in [2.05, 4.69) is 39.9 Å². The summed E-state index contributed by atoms with van der Waals surface area (Å²) in [5.74, 6) is 1.66. The third-order valence-corrected chi connectivity index (χ3v) is 12.8. The molecule has 2 aliphatic rings. The zero-order valence-electron chi connectivity index (χ0n) is 23.6. The fraction of sp³-hybridized carbons (Fsp3) is 0.533. The smallest absolute Gasteiger partial charge is 0.343 e. The Morgan fingerprint density at radius 3 is 2.55 bits per heavy atom. The molecule has 7 nitrogen and oxygen atoms in total. The van der Waals surface area contributed by atoms with Gasteiger partial charge < -0.3 is 22.9 Å². The molecule has 1 fully saturated rings. The number of ether oxygens (including phenoxy) is 2. The van der Waals surface area contributed by atoms with Crippen LogP contribution >= 0.6 is 0 Å². The van der Waals surface area contributed by atoms with E-state index in [4.69, 9.17) is 18.3 Å². The molecule has 2 aromatic heterocycles. The van der Waals surface area contributed by atoms with Gasteiger partial charge in [0, 0.05) is 24.2 Å². The van der Waals surface area contributed by atoms with Crippen LogP contribution < -0.4 is 10.2 Å². The molecule has 0 amide bonds. The lowest BCUT2D eigenvalue weighted by Crippen LogP contribution is -2.42. The van der Waals surface area contributed by atoms with Crippen LogP contribution in [0.25, 0.3) is 22.2 Å². The van der Waals surface area contributed by atoms with Gasteiger partial charge in [0.1, 0.15) is 17.1 Å². The van der Waals surface area contributed by atoms with E-state index in [0.29, 0.717) is 22.4 Å². The first kappa shape index (κ1) is 26.8. The summed E-state index contributed by atoms with van der Waals surface area (Å²) in [4.78, 5) is 25.9. The van der Waals surface area contributed by atoms with Gasteiger partial charge >= 0.3 is 5.97 Å². The van der Waals surface area contributed by atoms with Crippen LogP contribution in [0.5, 0.6) is 5.75 Å². The fourth-order valence-electron chi connectivity index (χ4n) is 5.12. The van der Waals surface area contributed by atoms with E-state index in [0.717, 1.165) is 49.0 Å². The normalized spacial score (nSPS) is 17.9. The predicted octanol–water partition coefficient (Wildman–Crippen LogP) is 7.18. The van der Waals surface area contributed by atoms with Crippen LogP contribution in [0.3, 0.4) is 0 Å². The Labute approximate surface area is 225 Å². The average molecular weight is 538 g/mol. The first-order valence-electron chi connectivity index (χ1n) is 13.7. The van der Waals surface area contributed by atoms with E-state index in [-0.39, 0.29) is 34.8 Å². The predicted molar refractivity (Wildman–Crippen MR) is 151 cm³/mol. The highest BCUT2D eigenvalue weighted by molar-refractivity contribution is 6.74. The number of hydrogen-bond donors (Lipinski definition) is 0. The highest BCUT2D eigenvalue weighted by Crippen LogP contribution is 2.47. The molecule has 3 aromatic rings. The van der Waals surface area contributed by atoms with Crippen molar-refractivity contribution in [1.82, 2.24) is 4.57 Å². The number of fused-ring (bicyclic) bond motifs is 2. The minimum absolute atomic E-state index is 0.0142. The summed E-state index contributed by atoms with van der Waals surface area (Å²) in [5, 5.41) is 0.562. The van der Waals surface area contributed by atoms with Gasteiger partial charge in [-0.15, -0.1) is 0 Å². The fourth-order valence-corrected chi connectivity index (χ4v) is 6.43. The maximum atomic E-state index is 13.4. The zero-order chi connectivity index (χ0) is 27.4. The number of aromatic nitrogens is 1. The van der Waals surface area contributed by atoms with Gasteiger partial charge in [0.2, 0.25) is 5.43 Å². The molecule has 1 saturated carbocycles. The number of carbonyl (C=O) groups excluding carboxylic acids is 1. The van der Waals surface area contributed by atoms with Crippen LogP contribution in [-0.2, 0) is 15.6 Å². The van der Waals surface area contributed by atoms with Crippen LogP contribution in [0, 0.1) is 0 Å². The molecular weight excluding hydrogens is 498 g/mol. The summed E-state index contributed by atoms with van der Waals surface area (Å²) in [6.45, 7) is 13.3. The van der Waals surface area contributed by atoms with Crippen LogP contribution in [0.4, 0.5) is 0 Å². The quantitative estimate of drug-likeness (QED) is 0.235. The SMILES string of the molecule is CCOC(=O)c1cn(C2CC2)c2c(OC)c(-c3cc4c(o3)CCCC4O[Si](C)(C)C(C)(C)C)ccc2c1=O. The molecule has 8 heteroatoms. The second-order valence-electron chi connectivity index (χ2n) is 12.0. The van der Waals surface area contributed by atoms with Gasteiger partial charge in [0.05, 0.1) is 36.3 Å². The van der Waals surface area contributed by atoms with E-state index in [1.165, 1.54) is 0 Å². The third-order valence-electron chi connectivity index (χ3n) is 8.35. The molecule has 2 heterocycles. The molecule has 0 spiro atoms. The summed E-state index contributed by atoms with van der Waals surface area (Å²) in [6.07, 6.45) is 6.49. The Kier molecular flexibility index (Phi) is 6.84. The molecule has 0 aliphatic heterocycles. The maximum absolute atomic E-state index is 13.4. The number of rotatable bonds is 7. The van der Waals surface area contributed by atoms with Crippen molar-refractivity contribution in [3.63, 3.8) is 0 Å². The van der Waals surface area contributed by atoms with Crippen molar-refractivity contribution in [2.24, 2.45) is 0 Å². The van der Waals surface area contributed by atoms with Gasteiger partial charge in [-0.25, -0.2) is 4.79 Å². The van der Waals surface area contributed by atoms with Gasteiger partial charge in [0.25, 0.3) is 0 Å². The third kappa shape index (κ3) is 4.62. The Balaban J connectivity index is 1.63. The van der Waals surface area contributed by atoms with Crippen molar-refractivity contribution >= 4 is 25.2 Å². The van der Waals surface area contributed by atoms with Gasteiger partial charge in [0.15, 0.2) is 14.1 Å². The molecule has 0 bridgehead atoms. The lowest BCUT2D eigenvalue weighted by Gasteiger charge is -2.40. The van der Waals surface area contributed by atoms with Gasteiger partial charge in [-0.2, -0.15) is 0 Å². The monoisotopic (exact) mass is 537 g/mol. The average Bonchev–Trinajstić information content (AvgIpc) is 3.60. The summed E-state index contributed by atoms with van der Waals surface area (Å²) < 4.78 is 26.4. The lowest BCUT2D eigenvalue weighted by molar-refractivity contribution is 0.0524. The van der Waals surface area contributed by atoms with E-state index in [1.807, 2.05) is 10.6 Å². The molecule has 5 rings (SSSR count). The van der Waals surface area contributed by atoms with Crippen molar-refractivity contribution in [2.45, 2.75) is 90.1 Å². The second-order valence-corrected chi connectivity index (χ2v) is 16.8. The van der Waals surface area contributed by atoms with Crippen LogP contribution in [0.15, 0.2) is 33.6 Å². The Hall–Kier alpha value is -2.84. The molecule has 0 saturated heterocycles. The number of pyridine rings is 1. The largest absolute Gasteiger partial charge is 0.494 e. The van der Waals surface area contributed by atoms with Crippen molar-refractivity contribution in [3.05, 3.63) is 51.5 Å². The van der Waals surface area contributed by atoms with Crippen molar-refractivity contribution in [2.75, 3.05) is 13.7 Å². The molecule has 1 aromatic carbocycles. The molecule has 38 heavy (non-hydrogen) atoms. The molecule has 0 radical (unpaired) electrons.